The first kappa shape index (κ1) is 20.2. The minimum Gasteiger partial charge on any atom is -0.340 e. The number of nitrogens with zero attached hydrogens (tertiary/aromatic N) is 5. The van der Waals surface area contributed by atoms with Gasteiger partial charge >= 0.3 is 0 Å². The summed E-state index contributed by atoms with van der Waals surface area (Å²) in [6, 6.07) is 10.2. The summed E-state index contributed by atoms with van der Waals surface area (Å²) in [5.41, 5.74) is 10.5. The first-order valence-electron chi connectivity index (χ1n) is 9.28. The summed E-state index contributed by atoms with van der Waals surface area (Å²) in [4.78, 5) is 23.3. The minimum absolute atomic E-state index is 0. The number of carbonyl (C=O) groups is 1. The number of benzene rings is 1. The van der Waals surface area contributed by atoms with Crippen LogP contribution in [-0.2, 0) is 11.2 Å². The fourth-order valence-electron chi connectivity index (χ4n) is 3.99. The van der Waals surface area contributed by atoms with Gasteiger partial charge in [0.2, 0.25) is 5.91 Å². The molecule has 1 aliphatic heterocycles. The van der Waals surface area contributed by atoms with E-state index in [1.807, 2.05) is 36.9 Å². The van der Waals surface area contributed by atoms with E-state index in [1.165, 1.54) is 11.9 Å². The molecule has 0 unspecified atom stereocenters. The van der Waals surface area contributed by atoms with Crippen molar-refractivity contribution in [2.24, 2.45) is 5.73 Å². The third-order valence-electron chi connectivity index (χ3n) is 5.52. The molecule has 8 heteroatoms. The van der Waals surface area contributed by atoms with Gasteiger partial charge in [-0.05, 0) is 31.4 Å². The van der Waals surface area contributed by atoms with E-state index >= 15 is 0 Å². The minimum atomic E-state index is -0.0204. The van der Waals surface area contributed by atoms with E-state index in [-0.39, 0.29) is 30.3 Å². The first-order valence-corrected chi connectivity index (χ1v) is 9.28. The van der Waals surface area contributed by atoms with Crippen molar-refractivity contribution in [1.82, 2.24) is 24.5 Å². The third kappa shape index (κ3) is 3.72. The van der Waals surface area contributed by atoms with Crippen molar-refractivity contribution in [3.63, 3.8) is 0 Å². The predicted octanol–water partition coefficient (Wildman–Crippen LogP) is 2.05. The summed E-state index contributed by atoms with van der Waals surface area (Å²) in [6.45, 7) is 5.24. The fraction of sp³-hybridized carbons (Fsp3) is 0.400. The normalized spacial score (nSPS) is 19.0. The standard InChI is InChI=1S/C20H24N6O.ClH/c1-13-16(14(2)26-20(24-13)22-12-23-26)8-9-19(27)25-10-17(18(21)11-25)15-6-4-3-5-7-15;/h3-7,12,17-18H,8-11,21H2,1-2H3;1H/t17-,18+;/m0./s1. The molecule has 7 nitrogen and oxygen atoms in total. The molecule has 0 saturated carbocycles. The van der Waals surface area contributed by atoms with E-state index in [1.54, 1.807) is 4.52 Å². The summed E-state index contributed by atoms with van der Waals surface area (Å²) in [5.74, 6) is 0.935. The van der Waals surface area contributed by atoms with E-state index in [9.17, 15) is 4.79 Å². The molecule has 0 bridgehead atoms. The van der Waals surface area contributed by atoms with Gasteiger partial charge in [0.25, 0.3) is 5.78 Å². The molecular weight excluding hydrogens is 376 g/mol. The van der Waals surface area contributed by atoms with Gasteiger partial charge in [0, 0.05) is 42.9 Å². The zero-order valence-corrected chi connectivity index (χ0v) is 16.9. The van der Waals surface area contributed by atoms with Gasteiger partial charge in [-0.3, -0.25) is 4.79 Å². The number of likely N-dealkylation sites (tertiary alicyclic amines) is 1. The lowest BCUT2D eigenvalue weighted by Crippen LogP contribution is -2.32. The molecule has 0 aliphatic carbocycles. The van der Waals surface area contributed by atoms with Crippen LogP contribution in [0.3, 0.4) is 0 Å². The van der Waals surface area contributed by atoms with Gasteiger partial charge in [0.05, 0.1) is 0 Å². The molecule has 4 rings (SSSR count). The summed E-state index contributed by atoms with van der Waals surface area (Å²) < 4.78 is 1.73. The molecule has 1 fully saturated rings. The monoisotopic (exact) mass is 400 g/mol. The van der Waals surface area contributed by atoms with Crippen molar-refractivity contribution in [2.75, 3.05) is 13.1 Å². The van der Waals surface area contributed by atoms with Crippen LogP contribution in [0.15, 0.2) is 36.7 Å². The molecule has 2 atom stereocenters. The van der Waals surface area contributed by atoms with Gasteiger partial charge in [-0.2, -0.15) is 10.1 Å². The molecule has 28 heavy (non-hydrogen) atoms. The maximum Gasteiger partial charge on any atom is 0.252 e. The average Bonchev–Trinajstić information content (AvgIpc) is 3.28. The second-order valence-corrected chi connectivity index (χ2v) is 7.21. The summed E-state index contributed by atoms with van der Waals surface area (Å²) in [7, 11) is 0. The average molecular weight is 401 g/mol. The molecular formula is C20H25ClN6O. The van der Waals surface area contributed by atoms with Gasteiger partial charge in [-0.1, -0.05) is 30.3 Å². The number of nitrogens with two attached hydrogens (primary N) is 1. The van der Waals surface area contributed by atoms with E-state index in [2.05, 4.69) is 27.2 Å². The highest BCUT2D eigenvalue weighted by atomic mass is 35.5. The molecule has 0 spiro atoms. The summed E-state index contributed by atoms with van der Waals surface area (Å²) in [5, 5.41) is 4.21. The highest BCUT2D eigenvalue weighted by Gasteiger charge is 2.33. The smallest absolute Gasteiger partial charge is 0.252 e. The number of hydrogen-bond acceptors (Lipinski definition) is 5. The summed E-state index contributed by atoms with van der Waals surface area (Å²) >= 11 is 0. The second kappa shape index (κ2) is 8.24. The molecule has 1 aromatic carbocycles. The predicted molar refractivity (Wildman–Crippen MR) is 110 cm³/mol. The van der Waals surface area contributed by atoms with Crippen LogP contribution in [0, 0.1) is 13.8 Å². The van der Waals surface area contributed by atoms with E-state index in [0.29, 0.717) is 31.7 Å². The summed E-state index contributed by atoms with van der Waals surface area (Å²) in [6.07, 6.45) is 2.58. The zero-order valence-electron chi connectivity index (χ0n) is 16.1. The van der Waals surface area contributed by atoms with Gasteiger partial charge in [0.15, 0.2) is 0 Å². The SMILES string of the molecule is Cc1nc2ncnn2c(C)c1CCC(=O)N1C[C@@H](N)[C@H](c2ccccc2)C1.Cl. The molecule has 2 aromatic heterocycles. The molecule has 1 saturated heterocycles. The van der Waals surface area contributed by atoms with E-state index in [0.717, 1.165) is 17.0 Å². The van der Waals surface area contributed by atoms with E-state index in [4.69, 9.17) is 5.73 Å². The van der Waals surface area contributed by atoms with Gasteiger partial charge < -0.3 is 10.6 Å². The van der Waals surface area contributed by atoms with Crippen LogP contribution >= 0.6 is 12.4 Å². The quantitative estimate of drug-likeness (QED) is 0.723. The molecule has 0 radical (unpaired) electrons. The van der Waals surface area contributed by atoms with Gasteiger partial charge in [-0.25, -0.2) is 9.50 Å². The molecule has 1 amide bonds. The highest BCUT2D eigenvalue weighted by Crippen LogP contribution is 2.27. The Morgan fingerprint density at radius 3 is 2.71 bits per heavy atom. The lowest BCUT2D eigenvalue weighted by atomic mass is 9.95. The molecule has 148 valence electrons. The van der Waals surface area contributed by atoms with Crippen LogP contribution in [0.5, 0.6) is 0 Å². The third-order valence-corrected chi connectivity index (χ3v) is 5.52. The van der Waals surface area contributed by atoms with Crippen molar-refractivity contribution < 1.29 is 4.79 Å². The van der Waals surface area contributed by atoms with Crippen molar-refractivity contribution in [3.8, 4) is 0 Å². The van der Waals surface area contributed by atoms with Crippen LogP contribution in [0.1, 0.15) is 34.9 Å². The fourth-order valence-corrected chi connectivity index (χ4v) is 3.99. The Morgan fingerprint density at radius 1 is 1.21 bits per heavy atom. The number of carbonyl (C=O) groups excluding carboxylic acids is 1. The Hall–Kier alpha value is -2.51. The maximum absolute atomic E-state index is 12.8. The first-order chi connectivity index (χ1) is 13.0. The lowest BCUT2D eigenvalue weighted by molar-refractivity contribution is -0.130. The van der Waals surface area contributed by atoms with Crippen LogP contribution in [0.2, 0.25) is 0 Å². The molecule has 3 aromatic rings. The van der Waals surface area contributed by atoms with Crippen LogP contribution in [0.25, 0.3) is 5.78 Å². The van der Waals surface area contributed by atoms with Crippen molar-refractivity contribution in [2.45, 2.75) is 38.6 Å². The molecule has 2 N–H and O–H groups in total. The Labute approximate surface area is 170 Å². The number of fused-ring (bicyclic) bond motifs is 1. The zero-order chi connectivity index (χ0) is 19.0. The van der Waals surface area contributed by atoms with Crippen molar-refractivity contribution >= 4 is 24.1 Å². The lowest BCUT2D eigenvalue weighted by Gasteiger charge is -2.17. The highest BCUT2D eigenvalue weighted by molar-refractivity contribution is 5.85. The van der Waals surface area contributed by atoms with Crippen LogP contribution in [-0.4, -0.2) is 49.5 Å². The Morgan fingerprint density at radius 2 is 1.96 bits per heavy atom. The number of halogens is 1. The van der Waals surface area contributed by atoms with Gasteiger partial charge in [0.1, 0.15) is 6.33 Å². The second-order valence-electron chi connectivity index (χ2n) is 7.21. The Bertz CT molecular complexity index is 973. The number of amides is 1. The van der Waals surface area contributed by atoms with E-state index < -0.39 is 0 Å². The largest absolute Gasteiger partial charge is 0.340 e. The number of aryl methyl sites for hydroxylation is 2. The van der Waals surface area contributed by atoms with Crippen molar-refractivity contribution in [3.05, 3.63) is 59.2 Å². The molecule has 3 heterocycles. The Kier molecular flexibility index (Phi) is 5.96. The maximum atomic E-state index is 12.8. The number of hydrogen-bond donors (Lipinski definition) is 1. The van der Waals surface area contributed by atoms with Crippen LogP contribution < -0.4 is 5.73 Å². The van der Waals surface area contributed by atoms with Crippen LogP contribution in [0.4, 0.5) is 0 Å². The topological polar surface area (TPSA) is 89.4 Å². The van der Waals surface area contributed by atoms with Crippen molar-refractivity contribution in [1.29, 1.82) is 0 Å². The number of aromatic nitrogens is 4. The molecule has 1 aliphatic rings. The Balaban J connectivity index is 0.00000225. The van der Waals surface area contributed by atoms with Gasteiger partial charge in [-0.15, -0.1) is 12.4 Å². The number of rotatable bonds is 4.